The van der Waals surface area contributed by atoms with Crippen LogP contribution in [0.15, 0.2) is 59.9 Å². The fourth-order valence-corrected chi connectivity index (χ4v) is 6.36. The quantitative estimate of drug-likeness (QED) is 0.373. The molecule has 0 spiro atoms. The van der Waals surface area contributed by atoms with Crippen LogP contribution in [0.25, 0.3) is 16.6 Å². The Morgan fingerprint density at radius 2 is 1.86 bits per heavy atom. The number of sulfonamides is 1. The second-order valence-electron chi connectivity index (χ2n) is 9.22. The number of hydrogen-bond donors (Lipinski definition) is 0. The second-order valence-corrected chi connectivity index (χ2v) is 11.1. The molecule has 0 saturated carbocycles. The van der Waals surface area contributed by atoms with E-state index in [1.165, 1.54) is 12.1 Å². The van der Waals surface area contributed by atoms with Crippen molar-refractivity contribution in [3.63, 3.8) is 0 Å². The lowest BCUT2D eigenvalue weighted by molar-refractivity contribution is 0.118. The first kappa shape index (κ1) is 24.6. The Labute approximate surface area is 211 Å². The zero-order valence-corrected chi connectivity index (χ0v) is 21.6. The number of aryl methyl sites for hydroxylation is 2. The molecule has 0 N–H and O–H groups in total. The van der Waals surface area contributed by atoms with Crippen molar-refractivity contribution in [1.29, 1.82) is 0 Å². The molecule has 1 aliphatic heterocycles. The van der Waals surface area contributed by atoms with Crippen molar-refractivity contribution in [2.45, 2.75) is 44.8 Å². The van der Waals surface area contributed by atoms with E-state index in [1.807, 2.05) is 6.92 Å². The lowest BCUT2D eigenvalue weighted by Crippen LogP contribution is -2.50. The van der Waals surface area contributed by atoms with Gasteiger partial charge in [0.1, 0.15) is 5.82 Å². The highest BCUT2D eigenvalue weighted by Crippen LogP contribution is 2.33. The summed E-state index contributed by atoms with van der Waals surface area (Å²) in [6.07, 6.45) is 4.49. The molecule has 5 rings (SSSR count). The number of aromatic nitrogens is 4. The van der Waals surface area contributed by atoms with Crippen LogP contribution in [-0.4, -0.2) is 63.4 Å². The van der Waals surface area contributed by atoms with Gasteiger partial charge in [-0.15, -0.1) is 0 Å². The zero-order chi connectivity index (χ0) is 25.4. The highest BCUT2D eigenvalue weighted by molar-refractivity contribution is 7.89. The lowest BCUT2D eigenvalue weighted by atomic mass is 9.96. The van der Waals surface area contributed by atoms with Gasteiger partial charge in [-0.3, -0.25) is 9.58 Å². The summed E-state index contributed by atoms with van der Waals surface area (Å²) in [5.41, 5.74) is 3.86. The zero-order valence-electron chi connectivity index (χ0n) is 20.8. The molecule has 1 saturated heterocycles. The van der Waals surface area contributed by atoms with Crippen LogP contribution in [0.5, 0.6) is 0 Å². The van der Waals surface area contributed by atoms with E-state index in [1.54, 1.807) is 44.3 Å². The van der Waals surface area contributed by atoms with Crippen molar-refractivity contribution in [2.75, 3.05) is 26.2 Å². The monoisotopic (exact) mass is 510 g/mol. The van der Waals surface area contributed by atoms with Crippen LogP contribution < -0.4 is 0 Å². The fraction of sp³-hybridized carbons (Fsp3) is 0.385. The smallest absolute Gasteiger partial charge is 0.262 e. The second kappa shape index (κ2) is 9.76. The van der Waals surface area contributed by atoms with Crippen LogP contribution in [0.4, 0.5) is 4.39 Å². The number of fused-ring (bicyclic) bond motifs is 1. The maximum Gasteiger partial charge on any atom is 0.262 e. The summed E-state index contributed by atoms with van der Waals surface area (Å²) in [5, 5.41) is 9.86. The molecule has 8 nitrogen and oxygen atoms in total. The molecular formula is C26H31FN6O2S. The van der Waals surface area contributed by atoms with Crippen LogP contribution >= 0.6 is 0 Å². The summed E-state index contributed by atoms with van der Waals surface area (Å²) in [7, 11) is -3.69. The van der Waals surface area contributed by atoms with E-state index in [2.05, 4.69) is 41.1 Å². The van der Waals surface area contributed by atoms with Gasteiger partial charge in [0.15, 0.2) is 5.03 Å². The lowest BCUT2D eigenvalue weighted by Gasteiger charge is -2.41. The van der Waals surface area contributed by atoms with Crippen LogP contribution in [0.2, 0.25) is 0 Å². The summed E-state index contributed by atoms with van der Waals surface area (Å²) < 4.78 is 45.3. The van der Waals surface area contributed by atoms with Gasteiger partial charge in [-0.25, -0.2) is 17.5 Å². The van der Waals surface area contributed by atoms with Gasteiger partial charge in [-0.1, -0.05) is 6.92 Å². The molecule has 2 aromatic heterocycles. The van der Waals surface area contributed by atoms with E-state index < -0.39 is 10.0 Å². The molecule has 0 unspecified atom stereocenters. The van der Waals surface area contributed by atoms with Gasteiger partial charge in [0.25, 0.3) is 10.0 Å². The Bertz CT molecular complexity index is 1480. The van der Waals surface area contributed by atoms with E-state index in [4.69, 9.17) is 0 Å². The van der Waals surface area contributed by atoms with E-state index in [-0.39, 0.29) is 16.9 Å². The van der Waals surface area contributed by atoms with Gasteiger partial charge in [0.2, 0.25) is 0 Å². The molecule has 1 aliphatic rings. The van der Waals surface area contributed by atoms with E-state index in [0.29, 0.717) is 26.2 Å². The van der Waals surface area contributed by atoms with E-state index in [9.17, 15) is 12.8 Å². The minimum atomic E-state index is -3.69. The predicted molar refractivity (Wildman–Crippen MR) is 137 cm³/mol. The van der Waals surface area contributed by atoms with Crippen LogP contribution in [-0.2, 0) is 16.6 Å². The van der Waals surface area contributed by atoms with Crippen molar-refractivity contribution in [2.24, 2.45) is 0 Å². The van der Waals surface area contributed by atoms with Crippen LogP contribution in [0.1, 0.15) is 37.4 Å². The minimum absolute atomic E-state index is 0.0830. The summed E-state index contributed by atoms with van der Waals surface area (Å²) >= 11 is 0. The highest BCUT2D eigenvalue weighted by atomic mass is 32.2. The van der Waals surface area contributed by atoms with Crippen LogP contribution in [0.3, 0.4) is 0 Å². The van der Waals surface area contributed by atoms with E-state index >= 15 is 0 Å². The summed E-state index contributed by atoms with van der Waals surface area (Å²) in [4.78, 5) is 2.37. The average Bonchev–Trinajstić information content (AvgIpc) is 3.52. The number of halogens is 1. The molecule has 190 valence electrons. The van der Waals surface area contributed by atoms with Crippen molar-refractivity contribution < 1.29 is 12.8 Å². The topological polar surface area (TPSA) is 76.3 Å². The fourth-order valence-electron chi connectivity index (χ4n) is 5.00. The molecule has 10 heteroatoms. The van der Waals surface area contributed by atoms with Gasteiger partial charge >= 0.3 is 0 Å². The van der Waals surface area contributed by atoms with Gasteiger partial charge < -0.3 is 0 Å². The molecular weight excluding hydrogens is 479 g/mol. The molecule has 0 radical (unpaired) electrons. The Balaban J connectivity index is 1.51. The molecule has 1 atom stereocenters. The first-order valence-electron chi connectivity index (χ1n) is 12.3. The van der Waals surface area contributed by atoms with Crippen molar-refractivity contribution in [3.8, 4) is 5.69 Å². The molecule has 1 fully saturated rings. The maximum atomic E-state index is 13.4. The predicted octanol–water partition coefficient (Wildman–Crippen LogP) is 4.15. The number of benzene rings is 2. The van der Waals surface area contributed by atoms with Crippen LogP contribution in [0, 0.1) is 12.7 Å². The largest absolute Gasteiger partial charge is 0.294 e. The summed E-state index contributed by atoms with van der Waals surface area (Å²) in [6, 6.07) is 12.0. The Morgan fingerprint density at radius 1 is 1.08 bits per heavy atom. The molecule has 3 heterocycles. The number of hydrogen-bond acceptors (Lipinski definition) is 5. The maximum absolute atomic E-state index is 13.4. The molecule has 0 aliphatic carbocycles. The molecule has 0 amide bonds. The first-order valence-corrected chi connectivity index (χ1v) is 13.8. The minimum Gasteiger partial charge on any atom is -0.294 e. The SMILES string of the molecule is CCCN1CCN(S(=O)(=O)c2ccn(CC)n2)C[C@H]1c1cc2cnn(-c3ccc(F)cc3)c2cc1C. The van der Waals surface area contributed by atoms with Crippen molar-refractivity contribution in [1.82, 2.24) is 28.8 Å². The van der Waals surface area contributed by atoms with Crippen molar-refractivity contribution >= 4 is 20.9 Å². The highest BCUT2D eigenvalue weighted by Gasteiger charge is 2.36. The normalized spacial score (nSPS) is 17.7. The third kappa shape index (κ3) is 4.44. The molecule has 0 bridgehead atoms. The average molecular weight is 511 g/mol. The standard InChI is InChI=1S/C26H31FN6O2S/c1-4-11-30-13-14-32(36(34,35)26-10-12-31(5-2)29-26)18-25(30)23-16-20-17-28-33(24(20)15-19(23)3)22-8-6-21(27)7-9-22/h6-10,12,15-17,25H,4-5,11,13-14,18H2,1-3H3/t25-/m0/s1. The first-order chi connectivity index (χ1) is 17.3. The van der Waals surface area contributed by atoms with E-state index in [0.717, 1.165) is 40.7 Å². The Hall–Kier alpha value is -3.08. The molecule has 4 aromatic rings. The molecule has 36 heavy (non-hydrogen) atoms. The Morgan fingerprint density at radius 3 is 2.56 bits per heavy atom. The van der Waals surface area contributed by atoms with Gasteiger partial charge in [0.05, 0.1) is 17.4 Å². The molecule has 2 aromatic carbocycles. The number of piperazine rings is 1. The van der Waals surface area contributed by atoms with Gasteiger partial charge in [-0.05, 0) is 80.4 Å². The third-order valence-corrected chi connectivity index (χ3v) is 8.65. The third-order valence-electron chi connectivity index (χ3n) is 6.90. The van der Waals surface area contributed by atoms with Gasteiger partial charge in [0, 0.05) is 43.8 Å². The van der Waals surface area contributed by atoms with Crippen molar-refractivity contribution in [3.05, 3.63) is 71.8 Å². The summed E-state index contributed by atoms with van der Waals surface area (Å²) in [5.74, 6) is -0.289. The number of rotatable bonds is 7. The number of nitrogens with zero attached hydrogens (tertiary/aromatic N) is 6. The summed E-state index contributed by atoms with van der Waals surface area (Å²) in [6.45, 7) is 9.07. The van der Waals surface area contributed by atoms with Gasteiger partial charge in [-0.2, -0.15) is 14.5 Å². The Kier molecular flexibility index (Phi) is 6.67.